The van der Waals surface area contributed by atoms with Crippen molar-refractivity contribution in [3.8, 4) is 0 Å². The lowest BCUT2D eigenvalue weighted by Crippen LogP contribution is -2.42. The monoisotopic (exact) mass is 402 g/mol. The molecule has 0 fully saturated rings. The molecular formula is C22H50N4O2. The number of rotatable bonds is 23. The minimum Gasteiger partial charge on any atom is -0.381 e. The van der Waals surface area contributed by atoms with Crippen LogP contribution in [0.15, 0.2) is 0 Å². The second-order valence-electron chi connectivity index (χ2n) is 7.95. The predicted molar refractivity (Wildman–Crippen MR) is 120 cm³/mol. The molecule has 6 nitrogen and oxygen atoms in total. The van der Waals surface area contributed by atoms with Crippen LogP contribution < -0.4 is 22.9 Å². The fourth-order valence-electron chi connectivity index (χ4n) is 3.21. The Morgan fingerprint density at radius 2 is 0.857 bits per heavy atom. The van der Waals surface area contributed by atoms with E-state index in [1.165, 1.54) is 57.8 Å². The summed E-state index contributed by atoms with van der Waals surface area (Å²) in [6.07, 6.45) is 16.5. The van der Waals surface area contributed by atoms with Gasteiger partial charge in [-0.3, -0.25) is 0 Å². The average Bonchev–Trinajstić information content (AvgIpc) is 2.70. The van der Waals surface area contributed by atoms with Crippen LogP contribution in [0.25, 0.3) is 0 Å². The highest BCUT2D eigenvalue weighted by atomic mass is 16.5. The van der Waals surface area contributed by atoms with Crippen LogP contribution in [0.2, 0.25) is 0 Å². The fourth-order valence-corrected chi connectivity index (χ4v) is 3.21. The van der Waals surface area contributed by atoms with Gasteiger partial charge in [-0.25, -0.2) is 0 Å². The van der Waals surface area contributed by atoms with Crippen LogP contribution in [0.1, 0.15) is 89.9 Å². The first-order valence-electron chi connectivity index (χ1n) is 11.8. The number of unbranched alkanes of at least 4 members (excludes halogenated alkanes) is 9. The van der Waals surface area contributed by atoms with E-state index in [0.717, 1.165) is 58.5 Å². The van der Waals surface area contributed by atoms with Crippen LogP contribution in [-0.4, -0.2) is 51.6 Å². The standard InChI is InChI=1S/C22H50N4O2/c23-15-9-7-5-3-1-2-4-6-8-13-21(25)22(26)14-20-28-18-11-10-17-27-19-12-16-24/h21-22H,1-20,23-26H2. The molecule has 0 aliphatic heterocycles. The van der Waals surface area contributed by atoms with E-state index in [4.69, 9.17) is 32.4 Å². The van der Waals surface area contributed by atoms with E-state index in [9.17, 15) is 0 Å². The third kappa shape index (κ3) is 20.5. The molecule has 0 aromatic rings. The van der Waals surface area contributed by atoms with Crippen molar-refractivity contribution in [1.82, 2.24) is 0 Å². The molecule has 0 aliphatic rings. The first kappa shape index (κ1) is 27.8. The number of hydrogen-bond acceptors (Lipinski definition) is 6. The summed E-state index contributed by atoms with van der Waals surface area (Å²) in [5, 5.41) is 0. The van der Waals surface area contributed by atoms with Crippen molar-refractivity contribution >= 4 is 0 Å². The summed E-state index contributed by atoms with van der Waals surface area (Å²) in [5.74, 6) is 0. The van der Waals surface area contributed by atoms with Crippen molar-refractivity contribution < 1.29 is 9.47 Å². The maximum atomic E-state index is 6.23. The Kier molecular flexibility index (Phi) is 22.8. The molecule has 6 heteroatoms. The van der Waals surface area contributed by atoms with E-state index in [1.807, 2.05) is 0 Å². The van der Waals surface area contributed by atoms with Crippen LogP contribution in [0.3, 0.4) is 0 Å². The Morgan fingerprint density at radius 1 is 0.429 bits per heavy atom. The summed E-state index contributed by atoms with van der Waals surface area (Å²) in [7, 11) is 0. The minimum absolute atomic E-state index is 0.0436. The van der Waals surface area contributed by atoms with E-state index >= 15 is 0 Å². The van der Waals surface area contributed by atoms with E-state index in [1.54, 1.807) is 0 Å². The van der Waals surface area contributed by atoms with Gasteiger partial charge in [0.25, 0.3) is 0 Å². The van der Waals surface area contributed by atoms with Gasteiger partial charge in [0.1, 0.15) is 0 Å². The van der Waals surface area contributed by atoms with Crippen molar-refractivity contribution in [3.05, 3.63) is 0 Å². The Morgan fingerprint density at radius 3 is 1.43 bits per heavy atom. The number of hydrogen-bond donors (Lipinski definition) is 4. The molecule has 0 aromatic carbocycles. The third-order valence-electron chi connectivity index (χ3n) is 5.21. The number of nitrogens with two attached hydrogens (primary N) is 4. The van der Waals surface area contributed by atoms with Crippen LogP contribution >= 0.6 is 0 Å². The van der Waals surface area contributed by atoms with Gasteiger partial charge in [0.05, 0.1) is 0 Å². The summed E-state index contributed by atoms with van der Waals surface area (Å²) in [4.78, 5) is 0. The highest BCUT2D eigenvalue weighted by Crippen LogP contribution is 2.12. The Hall–Kier alpha value is -0.240. The van der Waals surface area contributed by atoms with Gasteiger partial charge in [-0.15, -0.1) is 0 Å². The molecule has 0 amide bonds. The molecule has 0 rings (SSSR count). The lowest BCUT2D eigenvalue weighted by molar-refractivity contribution is 0.0981. The van der Waals surface area contributed by atoms with Gasteiger partial charge < -0.3 is 32.4 Å². The molecule has 0 heterocycles. The molecule has 0 aromatic heterocycles. The van der Waals surface area contributed by atoms with Gasteiger partial charge in [-0.05, 0) is 51.6 Å². The predicted octanol–water partition coefficient (Wildman–Crippen LogP) is 3.05. The lowest BCUT2D eigenvalue weighted by atomic mass is 9.99. The molecule has 170 valence electrons. The molecular weight excluding hydrogens is 352 g/mol. The third-order valence-corrected chi connectivity index (χ3v) is 5.21. The van der Waals surface area contributed by atoms with Crippen molar-refractivity contribution in [1.29, 1.82) is 0 Å². The highest BCUT2D eigenvalue weighted by Gasteiger charge is 2.12. The highest BCUT2D eigenvalue weighted by molar-refractivity contribution is 4.75. The molecule has 0 aliphatic carbocycles. The van der Waals surface area contributed by atoms with Gasteiger partial charge in [-0.1, -0.05) is 51.4 Å². The van der Waals surface area contributed by atoms with Crippen molar-refractivity contribution in [2.75, 3.05) is 39.5 Å². The van der Waals surface area contributed by atoms with Crippen LogP contribution in [0.5, 0.6) is 0 Å². The largest absolute Gasteiger partial charge is 0.381 e. The molecule has 2 atom stereocenters. The van der Waals surface area contributed by atoms with E-state index < -0.39 is 0 Å². The summed E-state index contributed by atoms with van der Waals surface area (Å²) < 4.78 is 11.1. The molecule has 0 saturated carbocycles. The molecule has 0 spiro atoms. The zero-order valence-corrected chi connectivity index (χ0v) is 18.4. The topological polar surface area (TPSA) is 123 Å². The number of ether oxygens (including phenoxy) is 2. The average molecular weight is 403 g/mol. The van der Waals surface area contributed by atoms with Crippen LogP contribution in [-0.2, 0) is 9.47 Å². The first-order chi connectivity index (χ1) is 13.7. The zero-order chi connectivity index (χ0) is 20.7. The van der Waals surface area contributed by atoms with Gasteiger partial charge in [0, 0.05) is 38.5 Å². The molecule has 0 radical (unpaired) electrons. The molecule has 8 N–H and O–H groups in total. The lowest BCUT2D eigenvalue weighted by Gasteiger charge is -2.19. The van der Waals surface area contributed by atoms with Crippen LogP contribution in [0, 0.1) is 0 Å². The van der Waals surface area contributed by atoms with Gasteiger partial charge in [0.2, 0.25) is 0 Å². The van der Waals surface area contributed by atoms with E-state index in [2.05, 4.69) is 0 Å². The Balaban J connectivity index is 3.30. The molecule has 0 saturated heterocycles. The quantitative estimate of drug-likeness (QED) is 0.195. The second kappa shape index (κ2) is 23.0. The molecule has 28 heavy (non-hydrogen) atoms. The maximum Gasteiger partial charge on any atom is 0.0481 e. The zero-order valence-electron chi connectivity index (χ0n) is 18.4. The van der Waals surface area contributed by atoms with Gasteiger partial charge in [-0.2, -0.15) is 0 Å². The SMILES string of the molecule is NCCCCCCCCCCCC(N)C(N)CCOCCCCOCCCN. The fraction of sp³-hybridized carbons (Fsp3) is 1.00. The van der Waals surface area contributed by atoms with Crippen LogP contribution in [0.4, 0.5) is 0 Å². The van der Waals surface area contributed by atoms with Crippen molar-refractivity contribution in [3.63, 3.8) is 0 Å². The van der Waals surface area contributed by atoms with Gasteiger partial charge >= 0.3 is 0 Å². The smallest absolute Gasteiger partial charge is 0.0481 e. The van der Waals surface area contributed by atoms with Gasteiger partial charge in [0.15, 0.2) is 0 Å². The molecule has 2 unspecified atom stereocenters. The van der Waals surface area contributed by atoms with E-state index in [0.29, 0.717) is 13.2 Å². The molecule has 0 bridgehead atoms. The van der Waals surface area contributed by atoms with Crippen molar-refractivity contribution in [2.45, 2.75) is 102 Å². The summed E-state index contributed by atoms with van der Waals surface area (Å²) in [6.45, 7) is 4.56. The Bertz CT molecular complexity index is 268. The summed E-state index contributed by atoms with van der Waals surface area (Å²) in [6, 6.07) is 0.137. The second-order valence-corrected chi connectivity index (χ2v) is 7.95. The van der Waals surface area contributed by atoms with Crippen molar-refractivity contribution in [2.24, 2.45) is 22.9 Å². The summed E-state index contributed by atoms with van der Waals surface area (Å²) in [5.41, 5.74) is 23.4. The normalized spacial score (nSPS) is 13.7. The summed E-state index contributed by atoms with van der Waals surface area (Å²) >= 11 is 0. The Labute approximate surface area is 174 Å². The maximum absolute atomic E-state index is 6.23. The van der Waals surface area contributed by atoms with E-state index in [-0.39, 0.29) is 12.1 Å². The first-order valence-corrected chi connectivity index (χ1v) is 11.8. The minimum atomic E-state index is 0.0436.